The molecule has 6 heteroatoms. The molecule has 0 spiro atoms. The summed E-state index contributed by atoms with van der Waals surface area (Å²) in [5.41, 5.74) is -0.653. The van der Waals surface area contributed by atoms with E-state index in [4.69, 9.17) is 32.7 Å². The summed E-state index contributed by atoms with van der Waals surface area (Å²) >= 11 is 12.0. The van der Waals surface area contributed by atoms with E-state index >= 15 is 0 Å². The molecule has 0 radical (unpaired) electrons. The van der Waals surface area contributed by atoms with Gasteiger partial charge >= 0.3 is 0 Å². The zero-order valence-corrected chi connectivity index (χ0v) is 13.1. The Bertz CT molecular complexity index is 369. The highest BCUT2D eigenvalue weighted by molar-refractivity contribution is 6.53. The van der Waals surface area contributed by atoms with Gasteiger partial charge in [-0.15, -0.1) is 23.2 Å². The first-order valence-electron chi connectivity index (χ1n) is 6.63. The van der Waals surface area contributed by atoms with E-state index in [2.05, 4.69) is 12.2 Å². The number of nitrogens with one attached hydrogen (secondary N) is 1. The molecular weight excluding hydrogens is 289 g/mol. The van der Waals surface area contributed by atoms with E-state index in [0.29, 0.717) is 26.2 Å². The van der Waals surface area contributed by atoms with Gasteiger partial charge in [0.15, 0.2) is 5.79 Å². The average Bonchev–Trinajstić information content (AvgIpc) is 2.65. The van der Waals surface area contributed by atoms with Gasteiger partial charge in [0.2, 0.25) is 5.91 Å². The van der Waals surface area contributed by atoms with Crippen LogP contribution in [-0.2, 0) is 14.3 Å². The third-order valence-corrected chi connectivity index (χ3v) is 5.09. The highest BCUT2D eigenvalue weighted by Crippen LogP contribution is 2.63. The van der Waals surface area contributed by atoms with Crippen LogP contribution in [0, 0.1) is 11.3 Å². The summed E-state index contributed by atoms with van der Waals surface area (Å²) in [5.74, 6) is -0.340. The minimum atomic E-state index is -0.913. The number of amides is 1. The van der Waals surface area contributed by atoms with Crippen molar-refractivity contribution < 1.29 is 14.3 Å². The third-order valence-electron chi connectivity index (χ3n) is 3.99. The molecule has 4 nitrogen and oxygen atoms in total. The highest BCUT2D eigenvalue weighted by atomic mass is 35.5. The molecule has 2 fully saturated rings. The molecule has 1 N–H and O–H groups in total. The zero-order valence-electron chi connectivity index (χ0n) is 11.6. The molecule has 1 saturated heterocycles. The highest BCUT2D eigenvalue weighted by Gasteiger charge is 2.67. The van der Waals surface area contributed by atoms with Gasteiger partial charge in [-0.25, -0.2) is 0 Å². The lowest BCUT2D eigenvalue weighted by atomic mass is 10.0. The second-order valence-electron chi connectivity index (χ2n) is 6.06. The Morgan fingerprint density at radius 3 is 2.32 bits per heavy atom. The van der Waals surface area contributed by atoms with E-state index in [0.717, 1.165) is 6.42 Å². The van der Waals surface area contributed by atoms with Gasteiger partial charge in [-0.05, 0) is 26.2 Å². The summed E-state index contributed by atoms with van der Waals surface area (Å²) in [7, 11) is 0. The molecule has 2 atom stereocenters. The van der Waals surface area contributed by atoms with E-state index in [-0.39, 0.29) is 11.8 Å². The SMILES string of the molecule is C[C@H](CNC(=O)[C@]1(C)CC1(Cl)Cl)CC1(C)OCCO1. The minimum absolute atomic E-state index is 0.0808. The standard InChI is InChI=1S/C13H21Cl2NO3/c1-9(6-12(3)18-4-5-19-12)7-16-10(17)11(2)8-13(11,14)15/h9H,4-8H2,1-3H3,(H,16,17)/t9-,11-/m0/s1. The molecule has 1 amide bonds. The van der Waals surface area contributed by atoms with E-state index in [1.165, 1.54) is 0 Å². The number of alkyl halides is 2. The van der Waals surface area contributed by atoms with Gasteiger partial charge in [0.05, 0.1) is 18.6 Å². The molecule has 1 aliphatic carbocycles. The zero-order chi connectivity index (χ0) is 14.3. The van der Waals surface area contributed by atoms with Gasteiger partial charge in [-0.2, -0.15) is 0 Å². The minimum Gasteiger partial charge on any atom is -0.355 e. The Morgan fingerprint density at radius 1 is 1.32 bits per heavy atom. The van der Waals surface area contributed by atoms with E-state index in [1.807, 2.05) is 6.92 Å². The van der Waals surface area contributed by atoms with Crippen LogP contribution in [0.5, 0.6) is 0 Å². The number of hydrogen-bond donors (Lipinski definition) is 1. The average molecular weight is 310 g/mol. The molecule has 0 bridgehead atoms. The fourth-order valence-electron chi connectivity index (χ4n) is 2.49. The van der Waals surface area contributed by atoms with E-state index < -0.39 is 15.5 Å². The summed E-state index contributed by atoms with van der Waals surface area (Å²) in [5, 5.41) is 2.91. The maximum Gasteiger partial charge on any atom is 0.229 e. The van der Waals surface area contributed by atoms with Crippen molar-refractivity contribution in [2.45, 2.75) is 43.7 Å². The van der Waals surface area contributed by atoms with Gasteiger partial charge in [0, 0.05) is 13.0 Å². The molecule has 0 unspecified atom stereocenters. The second kappa shape index (κ2) is 5.06. The number of carbonyl (C=O) groups excluding carboxylic acids is 1. The maximum absolute atomic E-state index is 12.0. The molecule has 110 valence electrons. The molecule has 1 heterocycles. The van der Waals surface area contributed by atoms with Gasteiger partial charge in [-0.3, -0.25) is 4.79 Å². The molecule has 0 aromatic rings. The predicted molar refractivity (Wildman–Crippen MR) is 74.3 cm³/mol. The lowest BCUT2D eigenvalue weighted by Gasteiger charge is -2.26. The Balaban J connectivity index is 1.75. The van der Waals surface area contributed by atoms with Crippen LogP contribution in [-0.4, -0.2) is 35.8 Å². The normalized spacial score (nSPS) is 32.9. The Kier molecular flexibility index (Phi) is 4.09. The summed E-state index contributed by atoms with van der Waals surface area (Å²) in [6.07, 6.45) is 1.25. The molecule has 19 heavy (non-hydrogen) atoms. The first-order valence-corrected chi connectivity index (χ1v) is 7.38. The first kappa shape index (κ1) is 15.4. The summed E-state index contributed by atoms with van der Waals surface area (Å²) < 4.78 is 10.2. The molecule has 1 saturated carbocycles. The van der Waals surface area contributed by atoms with Gasteiger partial charge in [0.1, 0.15) is 4.33 Å². The van der Waals surface area contributed by atoms with Crippen molar-refractivity contribution in [3.8, 4) is 0 Å². The molecule has 1 aliphatic heterocycles. The topological polar surface area (TPSA) is 47.6 Å². The summed E-state index contributed by atoms with van der Waals surface area (Å²) in [4.78, 5) is 12.0. The Morgan fingerprint density at radius 2 is 1.84 bits per heavy atom. The summed E-state index contributed by atoms with van der Waals surface area (Å²) in [6, 6.07) is 0. The van der Waals surface area contributed by atoms with Crippen LogP contribution < -0.4 is 5.32 Å². The molecule has 0 aromatic heterocycles. The van der Waals surface area contributed by atoms with Crippen molar-refractivity contribution >= 4 is 29.1 Å². The number of carbonyl (C=O) groups is 1. The monoisotopic (exact) mass is 309 g/mol. The number of hydrogen-bond acceptors (Lipinski definition) is 3. The van der Waals surface area contributed by atoms with Crippen molar-refractivity contribution in [3.05, 3.63) is 0 Å². The largest absolute Gasteiger partial charge is 0.355 e. The number of rotatable bonds is 5. The first-order chi connectivity index (χ1) is 8.69. The van der Waals surface area contributed by atoms with Crippen LogP contribution in [0.15, 0.2) is 0 Å². The van der Waals surface area contributed by atoms with Gasteiger partial charge < -0.3 is 14.8 Å². The molecule has 2 rings (SSSR count). The van der Waals surface area contributed by atoms with Gasteiger partial charge in [-0.1, -0.05) is 6.92 Å². The second-order valence-corrected chi connectivity index (χ2v) is 7.55. The van der Waals surface area contributed by atoms with E-state index in [1.54, 1.807) is 6.92 Å². The fraction of sp³-hybridized carbons (Fsp3) is 0.923. The van der Waals surface area contributed by atoms with Crippen LogP contribution in [0.3, 0.4) is 0 Å². The molecular formula is C13H21Cl2NO3. The van der Waals surface area contributed by atoms with Crippen molar-refractivity contribution in [1.29, 1.82) is 0 Å². The van der Waals surface area contributed by atoms with Crippen LogP contribution in [0.2, 0.25) is 0 Å². The molecule has 2 aliphatic rings. The Labute approximate surface area is 124 Å². The number of ether oxygens (including phenoxy) is 2. The van der Waals surface area contributed by atoms with Crippen molar-refractivity contribution in [2.75, 3.05) is 19.8 Å². The van der Waals surface area contributed by atoms with Crippen molar-refractivity contribution in [1.82, 2.24) is 5.32 Å². The predicted octanol–water partition coefficient (Wildman–Crippen LogP) is 2.48. The quantitative estimate of drug-likeness (QED) is 0.794. The smallest absolute Gasteiger partial charge is 0.229 e. The Hall–Kier alpha value is -0.0300. The van der Waals surface area contributed by atoms with Crippen LogP contribution in [0.25, 0.3) is 0 Å². The molecule has 0 aromatic carbocycles. The number of halogens is 2. The van der Waals surface area contributed by atoms with Gasteiger partial charge in [0.25, 0.3) is 0 Å². The van der Waals surface area contributed by atoms with Crippen LogP contribution in [0.1, 0.15) is 33.6 Å². The van der Waals surface area contributed by atoms with E-state index in [9.17, 15) is 4.79 Å². The fourth-order valence-corrected chi connectivity index (χ4v) is 3.19. The van der Waals surface area contributed by atoms with Crippen LogP contribution >= 0.6 is 23.2 Å². The van der Waals surface area contributed by atoms with Crippen LogP contribution in [0.4, 0.5) is 0 Å². The summed E-state index contributed by atoms with van der Waals surface area (Å²) in [6.45, 7) is 7.62. The van der Waals surface area contributed by atoms with Crippen molar-refractivity contribution in [3.63, 3.8) is 0 Å². The lowest BCUT2D eigenvalue weighted by molar-refractivity contribution is -0.154. The third kappa shape index (κ3) is 3.18. The lowest BCUT2D eigenvalue weighted by Crippen LogP contribution is -2.38. The van der Waals surface area contributed by atoms with Crippen molar-refractivity contribution in [2.24, 2.45) is 11.3 Å². The maximum atomic E-state index is 12.0.